The number of carbonyl (C=O) groups is 4. The van der Waals surface area contributed by atoms with E-state index in [1.165, 1.54) is 0 Å². The fraction of sp³-hybridized carbons (Fsp3) is 0.154. The number of hydrogen-bond donors (Lipinski definition) is 2. The topological polar surface area (TPSA) is 117 Å². The molecular formula is C26H24N2O6S. The van der Waals surface area contributed by atoms with Gasteiger partial charge in [-0.05, 0) is 68.4 Å². The molecular weight excluding hydrogens is 468 g/mol. The van der Waals surface area contributed by atoms with E-state index in [1.807, 2.05) is 44.2 Å². The third kappa shape index (κ3) is 6.27. The first-order valence-electron chi connectivity index (χ1n) is 10.6. The summed E-state index contributed by atoms with van der Waals surface area (Å²) in [6, 6.07) is 16.1. The molecule has 1 aromatic heterocycles. The van der Waals surface area contributed by atoms with Crippen LogP contribution in [0.2, 0.25) is 0 Å². The number of imide groups is 1. The van der Waals surface area contributed by atoms with E-state index < -0.39 is 23.0 Å². The van der Waals surface area contributed by atoms with E-state index in [4.69, 9.17) is 9.52 Å². The van der Waals surface area contributed by atoms with Gasteiger partial charge in [-0.1, -0.05) is 36.4 Å². The molecule has 2 aromatic carbocycles. The van der Waals surface area contributed by atoms with Gasteiger partial charge in [-0.2, -0.15) is 0 Å². The Morgan fingerprint density at radius 1 is 1.03 bits per heavy atom. The van der Waals surface area contributed by atoms with Crippen molar-refractivity contribution in [1.82, 2.24) is 4.90 Å². The van der Waals surface area contributed by atoms with Crippen LogP contribution in [0, 0.1) is 20.8 Å². The fourth-order valence-corrected chi connectivity index (χ4v) is 3.93. The number of furan rings is 1. The Hall–Kier alpha value is -4.11. The Kier molecular flexibility index (Phi) is 7.93. The van der Waals surface area contributed by atoms with Gasteiger partial charge < -0.3 is 14.8 Å². The molecule has 0 bridgehead atoms. The lowest BCUT2D eigenvalue weighted by atomic mass is 10.0. The second-order valence-electron chi connectivity index (χ2n) is 7.79. The summed E-state index contributed by atoms with van der Waals surface area (Å²) in [5.41, 5.74) is 3.57. The zero-order valence-corrected chi connectivity index (χ0v) is 20.3. The number of carbonyl (C=O) groups excluding carboxylic acids is 3. The summed E-state index contributed by atoms with van der Waals surface area (Å²) in [6.07, 6.45) is 0. The summed E-state index contributed by atoms with van der Waals surface area (Å²) in [5, 5.41) is 11.2. The molecule has 1 aliphatic heterocycles. The summed E-state index contributed by atoms with van der Waals surface area (Å²) in [4.78, 5) is 46.8. The average Bonchev–Trinajstić information content (AvgIpc) is 3.34. The molecule has 0 saturated carbocycles. The van der Waals surface area contributed by atoms with E-state index in [9.17, 15) is 19.2 Å². The number of anilines is 1. The number of benzene rings is 2. The Morgan fingerprint density at radius 3 is 2.26 bits per heavy atom. The highest BCUT2D eigenvalue weighted by Gasteiger charge is 2.34. The summed E-state index contributed by atoms with van der Waals surface area (Å²) in [7, 11) is 0. The third-order valence-electron chi connectivity index (χ3n) is 5.12. The van der Waals surface area contributed by atoms with Crippen molar-refractivity contribution in [1.29, 1.82) is 0 Å². The van der Waals surface area contributed by atoms with Crippen LogP contribution in [-0.4, -0.2) is 39.6 Å². The largest absolute Gasteiger partial charge is 0.478 e. The van der Waals surface area contributed by atoms with Crippen molar-refractivity contribution in [2.45, 2.75) is 20.8 Å². The highest BCUT2D eigenvalue weighted by molar-refractivity contribution is 8.18. The summed E-state index contributed by atoms with van der Waals surface area (Å²) >= 11 is 0.750. The van der Waals surface area contributed by atoms with Crippen LogP contribution >= 0.6 is 11.8 Å². The van der Waals surface area contributed by atoms with Gasteiger partial charge in [0.25, 0.3) is 11.1 Å². The molecule has 2 N–H and O–H groups in total. The number of nitrogens with zero attached hydrogens (tertiary/aromatic N) is 1. The van der Waals surface area contributed by atoms with Gasteiger partial charge in [0.1, 0.15) is 18.1 Å². The lowest BCUT2D eigenvalue weighted by molar-refractivity contribution is -0.127. The quantitative estimate of drug-likeness (QED) is 0.458. The molecule has 3 aromatic rings. The number of nitrogens with one attached hydrogen (secondary N) is 1. The molecule has 4 rings (SSSR count). The fourth-order valence-electron chi connectivity index (χ4n) is 3.27. The van der Waals surface area contributed by atoms with Gasteiger partial charge in [0, 0.05) is 11.3 Å². The summed E-state index contributed by atoms with van der Waals surface area (Å²) in [6.45, 7) is 8.75. The number of amides is 3. The minimum atomic E-state index is -0.914. The zero-order chi connectivity index (χ0) is 25.7. The maximum Gasteiger partial charge on any atom is 0.335 e. The van der Waals surface area contributed by atoms with Crippen LogP contribution in [0.1, 0.15) is 27.2 Å². The van der Waals surface area contributed by atoms with E-state index in [2.05, 4.69) is 11.9 Å². The lowest BCUT2D eigenvalue weighted by Crippen LogP contribution is -2.36. The minimum absolute atomic E-state index is 0.146. The van der Waals surface area contributed by atoms with Gasteiger partial charge in [-0.3, -0.25) is 19.3 Å². The molecule has 1 saturated heterocycles. The van der Waals surface area contributed by atoms with Gasteiger partial charge in [0.05, 0.1) is 10.5 Å². The van der Waals surface area contributed by atoms with Crippen molar-refractivity contribution in [3.63, 3.8) is 0 Å². The Morgan fingerprint density at radius 2 is 1.71 bits per heavy atom. The van der Waals surface area contributed by atoms with Gasteiger partial charge >= 0.3 is 5.97 Å². The van der Waals surface area contributed by atoms with Crippen molar-refractivity contribution in [2.75, 3.05) is 11.9 Å². The standard InChI is InChI=1S/C13H12N2O3S.C13H12O3/c1-8-3-5-10(6-4-8)14-11(16)7-15-12(17)9(2)19-13(15)18;1-8-6-7-12(16-8)10-4-3-5-11(9(10)2)13(14)15/h3-6H,2,7H2,1H3,(H,14,16);3-7H,1-2H3,(H,14,15). The molecule has 9 heteroatoms. The maximum absolute atomic E-state index is 11.8. The normalized spacial score (nSPS) is 12.9. The zero-order valence-electron chi connectivity index (χ0n) is 19.5. The monoisotopic (exact) mass is 492 g/mol. The predicted octanol–water partition coefficient (Wildman–Crippen LogP) is 5.40. The smallest absolute Gasteiger partial charge is 0.335 e. The molecule has 0 aliphatic carbocycles. The van der Waals surface area contributed by atoms with Gasteiger partial charge in [0.2, 0.25) is 5.91 Å². The molecule has 2 heterocycles. The second kappa shape index (κ2) is 10.9. The lowest BCUT2D eigenvalue weighted by Gasteiger charge is -2.12. The van der Waals surface area contributed by atoms with E-state index in [0.717, 1.165) is 39.1 Å². The summed E-state index contributed by atoms with van der Waals surface area (Å²) in [5.74, 6) is -0.314. The van der Waals surface area contributed by atoms with Crippen LogP contribution in [0.15, 0.2) is 70.5 Å². The second-order valence-corrected chi connectivity index (χ2v) is 8.84. The summed E-state index contributed by atoms with van der Waals surface area (Å²) < 4.78 is 5.49. The molecule has 0 unspecified atom stereocenters. The molecule has 0 atom stereocenters. The highest BCUT2D eigenvalue weighted by Crippen LogP contribution is 2.29. The van der Waals surface area contributed by atoms with E-state index in [1.54, 1.807) is 31.2 Å². The van der Waals surface area contributed by atoms with Crippen LogP contribution in [0.3, 0.4) is 0 Å². The van der Waals surface area contributed by atoms with Gasteiger partial charge in [-0.15, -0.1) is 0 Å². The van der Waals surface area contributed by atoms with Crippen molar-refractivity contribution < 1.29 is 28.7 Å². The van der Waals surface area contributed by atoms with Gasteiger partial charge in [-0.25, -0.2) is 4.79 Å². The first-order valence-corrected chi connectivity index (χ1v) is 11.4. The first kappa shape index (κ1) is 25.5. The van der Waals surface area contributed by atoms with Crippen molar-refractivity contribution in [3.05, 3.63) is 88.5 Å². The van der Waals surface area contributed by atoms with E-state index >= 15 is 0 Å². The Labute approximate surface area is 206 Å². The number of carboxylic acids is 1. The van der Waals surface area contributed by atoms with Crippen LogP contribution < -0.4 is 5.32 Å². The van der Waals surface area contributed by atoms with Crippen molar-refractivity contribution in [3.8, 4) is 11.3 Å². The Bertz CT molecular complexity index is 1310. The number of rotatable bonds is 5. The van der Waals surface area contributed by atoms with E-state index in [0.29, 0.717) is 17.0 Å². The van der Waals surface area contributed by atoms with Crippen LogP contribution in [0.25, 0.3) is 11.3 Å². The van der Waals surface area contributed by atoms with E-state index in [-0.39, 0.29) is 11.4 Å². The average molecular weight is 493 g/mol. The van der Waals surface area contributed by atoms with Crippen LogP contribution in [0.4, 0.5) is 10.5 Å². The maximum atomic E-state index is 11.8. The SMILES string of the molecule is C=C1SC(=O)N(CC(=O)Nc2ccc(C)cc2)C1=O.Cc1ccc(-c2cccc(C(=O)O)c2C)o1. The van der Waals surface area contributed by atoms with Crippen molar-refractivity contribution in [2.24, 2.45) is 0 Å². The minimum Gasteiger partial charge on any atom is -0.478 e. The third-order valence-corrected chi connectivity index (χ3v) is 5.94. The molecule has 0 spiro atoms. The molecule has 0 radical (unpaired) electrons. The molecule has 3 amide bonds. The first-order chi connectivity index (χ1) is 16.6. The molecule has 180 valence electrons. The van der Waals surface area contributed by atoms with Gasteiger partial charge in [0.15, 0.2) is 0 Å². The van der Waals surface area contributed by atoms with Crippen molar-refractivity contribution >= 4 is 40.5 Å². The number of thioether (sulfide) groups is 1. The number of aryl methyl sites for hydroxylation is 2. The predicted molar refractivity (Wildman–Crippen MR) is 134 cm³/mol. The number of hydrogen-bond acceptors (Lipinski definition) is 6. The molecule has 8 nitrogen and oxygen atoms in total. The molecule has 1 aliphatic rings. The number of carboxylic acid groups (broad SMARTS) is 1. The highest BCUT2D eigenvalue weighted by atomic mass is 32.2. The number of aromatic carboxylic acids is 1. The van der Waals surface area contributed by atoms with Crippen LogP contribution in [-0.2, 0) is 9.59 Å². The molecule has 35 heavy (non-hydrogen) atoms. The Balaban J connectivity index is 0.000000198. The van der Waals surface area contributed by atoms with Crippen LogP contribution in [0.5, 0.6) is 0 Å². The molecule has 1 fully saturated rings.